The van der Waals surface area contributed by atoms with Gasteiger partial charge in [-0.3, -0.25) is 4.98 Å². The van der Waals surface area contributed by atoms with Crippen molar-refractivity contribution in [1.29, 1.82) is 15.8 Å². The maximum absolute atomic E-state index is 10.8. The van der Waals surface area contributed by atoms with Crippen molar-refractivity contribution in [2.24, 2.45) is 0 Å². The van der Waals surface area contributed by atoms with Crippen LogP contribution in [0.2, 0.25) is 0 Å². The fourth-order valence-electron chi connectivity index (χ4n) is 8.09. The zero-order valence-electron chi connectivity index (χ0n) is 29.8. The first-order chi connectivity index (χ1) is 27.6. The van der Waals surface area contributed by atoms with Gasteiger partial charge in [0.25, 0.3) is 0 Å². The molecule has 0 unspecified atom stereocenters. The summed E-state index contributed by atoms with van der Waals surface area (Å²) in [6, 6.07) is 60.3. The molecule has 7 aromatic carbocycles. The topological polar surface area (TPSA) is 94.1 Å². The van der Waals surface area contributed by atoms with Gasteiger partial charge in [-0.05, 0) is 101 Å². The van der Waals surface area contributed by atoms with Crippen LogP contribution >= 0.6 is 0 Å². The van der Waals surface area contributed by atoms with Gasteiger partial charge in [-0.15, -0.1) is 0 Å². The zero-order valence-corrected chi connectivity index (χ0v) is 29.8. The van der Waals surface area contributed by atoms with Gasteiger partial charge in [-0.1, -0.05) is 84.9 Å². The first-order valence-corrected chi connectivity index (χ1v) is 18.2. The predicted molar refractivity (Wildman–Crippen MR) is 223 cm³/mol. The SMILES string of the molecule is N#Cc1ccc(-c2ccc3c4ccccc4n(-c4cc(C#N)c(-c5ccncc5)cc4-n4c5ccccc5c5ccc(-c6ccc(C#N)cc6)cc54)c3c2)cc1. The van der Waals surface area contributed by atoms with Crippen molar-refractivity contribution in [3.8, 4) is 63.0 Å². The fourth-order valence-corrected chi connectivity index (χ4v) is 8.09. The smallest absolute Gasteiger partial charge is 0.0998 e. The molecule has 3 heterocycles. The van der Waals surface area contributed by atoms with E-state index in [0.29, 0.717) is 16.7 Å². The lowest BCUT2D eigenvalue weighted by Gasteiger charge is -2.20. The second kappa shape index (κ2) is 13.0. The number of nitrogens with zero attached hydrogens (tertiary/aromatic N) is 6. The first-order valence-electron chi connectivity index (χ1n) is 18.2. The Labute approximate surface area is 322 Å². The van der Waals surface area contributed by atoms with E-state index < -0.39 is 0 Å². The molecule has 0 amide bonds. The fraction of sp³-hybridized carbons (Fsp3) is 0. The van der Waals surface area contributed by atoms with Crippen LogP contribution in [0.5, 0.6) is 0 Å². The van der Waals surface area contributed by atoms with Gasteiger partial charge in [-0.25, -0.2) is 0 Å². The molecule has 0 radical (unpaired) electrons. The van der Waals surface area contributed by atoms with Crippen molar-refractivity contribution in [1.82, 2.24) is 14.1 Å². The lowest BCUT2D eigenvalue weighted by molar-refractivity contribution is 1.09. The summed E-state index contributed by atoms with van der Waals surface area (Å²) in [4.78, 5) is 4.27. The van der Waals surface area contributed by atoms with Gasteiger partial charge in [0.05, 0.1) is 68.3 Å². The molecule has 0 atom stereocenters. The molecular weight excluding hydrogens is 685 g/mol. The van der Waals surface area contributed by atoms with Crippen molar-refractivity contribution in [3.63, 3.8) is 0 Å². The number of hydrogen-bond acceptors (Lipinski definition) is 4. The molecule has 0 aliphatic carbocycles. The number of aromatic nitrogens is 3. The van der Waals surface area contributed by atoms with E-state index >= 15 is 0 Å². The molecular formula is C50H28N6. The van der Waals surface area contributed by atoms with Crippen molar-refractivity contribution >= 4 is 43.6 Å². The van der Waals surface area contributed by atoms with Crippen LogP contribution in [0.1, 0.15) is 16.7 Å². The normalized spacial score (nSPS) is 11.2. The van der Waals surface area contributed by atoms with Crippen LogP contribution < -0.4 is 0 Å². The van der Waals surface area contributed by atoms with Gasteiger partial charge in [0.2, 0.25) is 0 Å². The van der Waals surface area contributed by atoms with Crippen LogP contribution in [0.15, 0.2) is 170 Å². The first kappa shape index (κ1) is 32.4. The van der Waals surface area contributed by atoms with E-state index in [1.165, 1.54) is 0 Å². The predicted octanol–water partition coefficient (Wildman–Crippen LogP) is 11.9. The number of fused-ring (bicyclic) bond motifs is 6. The Morgan fingerprint density at radius 3 is 1.30 bits per heavy atom. The third kappa shape index (κ3) is 5.12. The number of nitriles is 3. The van der Waals surface area contributed by atoms with E-state index in [2.05, 4.69) is 123 Å². The standard InChI is InChI=1S/C50H28N6/c51-29-32-9-13-34(14-10-32)37-17-19-42-40-5-1-3-7-45(40)55(47(42)25-37)49-27-39(31-53)44(36-21-23-54-24-22-36)28-50(49)56-46-8-4-2-6-41(46)43-20-18-38(26-48(43)56)35-15-11-33(30-52)12-16-35/h1-28H. The largest absolute Gasteiger partial charge is 0.307 e. The van der Waals surface area contributed by atoms with Gasteiger partial charge in [-0.2, -0.15) is 15.8 Å². The number of pyridine rings is 1. The van der Waals surface area contributed by atoms with E-state index in [9.17, 15) is 15.8 Å². The third-order valence-electron chi connectivity index (χ3n) is 10.8. The molecule has 0 aliphatic heterocycles. The highest BCUT2D eigenvalue weighted by atomic mass is 15.1. The van der Waals surface area contributed by atoms with Crippen molar-refractivity contribution in [2.75, 3.05) is 0 Å². The highest BCUT2D eigenvalue weighted by molar-refractivity contribution is 6.13. The second-order valence-electron chi connectivity index (χ2n) is 13.8. The molecule has 0 saturated heterocycles. The Hall–Kier alpha value is -8.24. The second-order valence-corrected chi connectivity index (χ2v) is 13.8. The van der Waals surface area contributed by atoms with Gasteiger partial charge in [0.15, 0.2) is 0 Å². The monoisotopic (exact) mass is 712 g/mol. The Balaban J connectivity index is 1.33. The Morgan fingerprint density at radius 1 is 0.375 bits per heavy atom. The summed E-state index contributed by atoms with van der Waals surface area (Å²) in [5, 5.41) is 34.1. The van der Waals surface area contributed by atoms with Gasteiger partial charge >= 0.3 is 0 Å². The third-order valence-corrected chi connectivity index (χ3v) is 10.8. The van der Waals surface area contributed by atoms with Gasteiger partial charge in [0, 0.05) is 39.5 Å². The molecule has 0 fully saturated rings. The molecule has 0 bridgehead atoms. The minimum atomic E-state index is 0.545. The van der Waals surface area contributed by atoms with Crippen molar-refractivity contribution in [2.45, 2.75) is 0 Å². The number of benzene rings is 7. The highest BCUT2D eigenvalue weighted by Crippen LogP contribution is 2.42. The average molecular weight is 713 g/mol. The van der Waals surface area contributed by atoms with Crippen LogP contribution in [0.3, 0.4) is 0 Å². The molecule has 258 valence electrons. The van der Waals surface area contributed by atoms with Crippen molar-refractivity contribution in [3.05, 3.63) is 187 Å². The van der Waals surface area contributed by atoms with E-state index in [4.69, 9.17) is 0 Å². The highest BCUT2D eigenvalue weighted by Gasteiger charge is 2.23. The molecule has 0 N–H and O–H groups in total. The summed E-state index contributed by atoms with van der Waals surface area (Å²) in [5.74, 6) is 0. The van der Waals surface area contributed by atoms with Crippen LogP contribution in [-0.4, -0.2) is 14.1 Å². The van der Waals surface area contributed by atoms with Crippen LogP contribution in [0, 0.1) is 34.0 Å². The molecule has 56 heavy (non-hydrogen) atoms. The van der Waals surface area contributed by atoms with Crippen molar-refractivity contribution < 1.29 is 0 Å². The minimum absolute atomic E-state index is 0.545. The number of para-hydroxylation sites is 2. The summed E-state index contributed by atoms with van der Waals surface area (Å²) in [6.07, 6.45) is 3.51. The maximum atomic E-state index is 10.8. The Bertz CT molecular complexity index is 3310. The number of hydrogen-bond donors (Lipinski definition) is 0. The maximum Gasteiger partial charge on any atom is 0.0998 e. The summed E-state index contributed by atoms with van der Waals surface area (Å²) in [7, 11) is 0. The summed E-state index contributed by atoms with van der Waals surface area (Å²) in [5.41, 5.74) is 13.4. The number of rotatable bonds is 5. The van der Waals surface area contributed by atoms with E-state index in [-0.39, 0.29) is 0 Å². The molecule has 6 heteroatoms. The zero-order chi connectivity index (χ0) is 37.8. The molecule has 10 aromatic rings. The van der Waals surface area contributed by atoms with Crippen LogP contribution in [0.25, 0.3) is 88.4 Å². The Morgan fingerprint density at radius 2 is 0.821 bits per heavy atom. The molecule has 10 rings (SSSR count). The van der Waals surface area contributed by atoms with Gasteiger partial charge < -0.3 is 9.13 Å². The molecule has 0 spiro atoms. The molecule has 0 saturated carbocycles. The summed E-state index contributed by atoms with van der Waals surface area (Å²) >= 11 is 0. The van der Waals surface area contributed by atoms with Crippen LogP contribution in [0.4, 0.5) is 0 Å². The Kier molecular flexibility index (Phi) is 7.53. The molecule has 0 aliphatic rings. The van der Waals surface area contributed by atoms with E-state index in [0.717, 1.165) is 88.4 Å². The lowest BCUT2D eigenvalue weighted by Crippen LogP contribution is -2.05. The summed E-state index contributed by atoms with van der Waals surface area (Å²) < 4.78 is 4.61. The molecule has 3 aromatic heterocycles. The summed E-state index contributed by atoms with van der Waals surface area (Å²) in [6.45, 7) is 0. The quantitative estimate of drug-likeness (QED) is 0.177. The molecule has 6 nitrogen and oxygen atoms in total. The van der Waals surface area contributed by atoms with Crippen LogP contribution in [-0.2, 0) is 0 Å². The lowest BCUT2D eigenvalue weighted by atomic mass is 9.98. The average Bonchev–Trinajstić information content (AvgIpc) is 3.78. The minimum Gasteiger partial charge on any atom is -0.307 e. The van der Waals surface area contributed by atoms with E-state index in [1.54, 1.807) is 12.4 Å². The van der Waals surface area contributed by atoms with Gasteiger partial charge in [0.1, 0.15) is 0 Å². The van der Waals surface area contributed by atoms with E-state index in [1.807, 2.05) is 66.7 Å².